The fourth-order valence-electron chi connectivity index (χ4n) is 3.00. The van der Waals surface area contributed by atoms with Gasteiger partial charge >= 0.3 is 6.03 Å². The van der Waals surface area contributed by atoms with Gasteiger partial charge in [-0.1, -0.05) is 30.3 Å². The van der Waals surface area contributed by atoms with Crippen molar-refractivity contribution in [1.29, 1.82) is 0 Å². The molecule has 24 heavy (non-hydrogen) atoms. The summed E-state index contributed by atoms with van der Waals surface area (Å²) in [5.41, 5.74) is 1.08. The maximum Gasteiger partial charge on any atom is 0.331 e. The predicted molar refractivity (Wildman–Crippen MR) is 88.9 cm³/mol. The van der Waals surface area contributed by atoms with Crippen molar-refractivity contribution in [1.82, 2.24) is 15.1 Å². The van der Waals surface area contributed by atoms with E-state index < -0.39 is 17.8 Å². The summed E-state index contributed by atoms with van der Waals surface area (Å²) < 4.78 is 0. The molecule has 2 aliphatic heterocycles. The minimum atomic E-state index is -0.642. The predicted octanol–water partition coefficient (Wildman–Crippen LogP) is 1.68. The maximum atomic E-state index is 12.6. The molecule has 0 aliphatic carbocycles. The van der Waals surface area contributed by atoms with Gasteiger partial charge in [0.2, 0.25) is 0 Å². The number of urea groups is 1. The zero-order valence-corrected chi connectivity index (χ0v) is 13.5. The minimum Gasteiger partial charge on any atom is -0.377 e. The van der Waals surface area contributed by atoms with Crippen molar-refractivity contribution in [3.63, 3.8) is 0 Å². The van der Waals surface area contributed by atoms with E-state index in [-0.39, 0.29) is 12.1 Å². The Morgan fingerprint density at radius 1 is 1.00 bits per heavy atom. The van der Waals surface area contributed by atoms with Crippen LogP contribution in [0, 0.1) is 0 Å². The van der Waals surface area contributed by atoms with Crippen LogP contribution in [0.4, 0.5) is 4.79 Å². The number of hydrogen-bond acceptors (Lipinski definition) is 4. The number of nitrogens with one attached hydrogen (secondary N) is 1. The topological polar surface area (TPSA) is 69.7 Å². The zero-order chi connectivity index (χ0) is 16.9. The van der Waals surface area contributed by atoms with E-state index in [1.165, 1.54) is 6.42 Å². The number of piperidine rings is 1. The molecule has 2 saturated heterocycles. The van der Waals surface area contributed by atoms with Crippen LogP contribution in [0.5, 0.6) is 0 Å². The largest absolute Gasteiger partial charge is 0.377 e. The number of amides is 4. The standard InChI is InChI=1S/C18H21N3O3/c22-16-15(13-20-10-5-2-6-11-20)17(23)21(18(24)19-16)12-9-14-7-3-1-4-8-14/h1,3-4,7-8,13H,2,5-6,9-12H2,(H,19,22,24)/b15-13+. The van der Waals surface area contributed by atoms with Crippen molar-refractivity contribution in [2.45, 2.75) is 25.7 Å². The van der Waals surface area contributed by atoms with Crippen molar-refractivity contribution >= 4 is 17.8 Å². The molecule has 0 spiro atoms. The van der Waals surface area contributed by atoms with Gasteiger partial charge in [-0.2, -0.15) is 0 Å². The second kappa shape index (κ2) is 7.29. The minimum absolute atomic E-state index is 0.0459. The summed E-state index contributed by atoms with van der Waals surface area (Å²) >= 11 is 0. The number of carbonyl (C=O) groups excluding carboxylic acids is 3. The second-order valence-electron chi connectivity index (χ2n) is 6.09. The Kier molecular flexibility index (Phi) is 4.93. The van der Waals surface area contributed by atoms with Gasteiger partial charge < -0.3 is 4.90 Å². The van der Waals surface area contributed by atoms with E-state index in [4.69, 9.17) is 0 Å². The highest BCUT2D eigenvalue weighted by atomic mass is 16.2. The van der Waals surface area contributed by atoms with Crippen molar-refractivity contribution < 1.29 is 14.4 Å². The number of barbiturate groups is 1. The molecular weight excluding hydrogens is 306 g/mol. The van der Waals surface area contributed by atoms with Gasteiger partial charge in [0.1, 0.15) is 5.57 Å². The van der Waals surface area contributed by atoms with E-state index >= 15 is 0 Å². The molecule has 0 unspecified atom stereocenters. The summed E-state index contributed by atoms with van der Waals surface area (Å²) in [6, 6.07) is 9.00. The van der Waals surface area contributed by atoms with Crippen LogP contribution in [0.25, 0.3) is 0 Å². The Bertz CT molecular complexity index is 663. The second-order valence-corrected chi connectivity index (χ2v) is 6.09. The number of imide groups is 2. The van der Waals surface area contributed by atoms with Gasteiger partial charge in [-0.25, -0.2) is 4.79 Å². The molecule has 4 amide bonds. The van der Waals surface area contributed by atoms with Crippen LogP contribution in [0.2, 0.25) is 0 Å². The third kappa shape index (κ3) is 3.64. The molecule has 0 aromatic heterocycles. The average molecular weight is 327 g/mol. The van der Waals surface area contributed by atoms with Gasteiger partial charge in [0, 0.05) is 25.8 Å². The molecule has 1 aromatic carbocycles. The summed E-state index contributed by atoms with van der Waals surface area (Å²) in [5.74, 6) is -1.11. The Morgan fingerprint density at radius 3 is 2.42 bits per heavy atom. The number of benzene rings is 1. The lowest BCUT2D eigenvalue weighted by molar-refractivity contribution is -0.130. The molecule has 2 fully saturated rings. The van der Waals surface area contributed by atoms with Gasteiger partial charge in [-0.05, 0) is 31.2 Å². The number of carbonyl (C=O) groups is 3. The number of rotatable bonds is 4. The highest BCUT2D eigenvalue weighted by Gasteiger charge is 2.35. The third-order valence-corrected chi connectivity index (χ3v) is 4.36. The SMILES string of the molecule is O=C1NC(=O)N(CCc2ccccc2)C(=O)/C1=C/N1CCCCC1. The lowest BCUT2D eigenvalue weighted by atomic mass is 10.1. The molecule has 0 atom stereocenters. The third-order valence-electron chi connectivity index (χ3n) is 4.36. The molecule has 0 bridgehead atoms. The molecule has 1 aromatic rings. The van der Waals surface area contributed by atoms with Gasteiger partial charge in [0.15, 0.2) is 0 Å². The summed E-state index contributed by atoms with van der Waals surface area (Å²) in [5, 5.41) is 2.27. The smallest absolute Gasteiger partial charge is 0.331 e. The van der Waals surface area contributed by atoms with E-state index in [2.05, 4.69) is 5.32 Å². The van der Waals surface area contributed by atoms with Crippen molar-refractivity contribution in [2.75, 3.05) is 19.6 Å². The Morgan fingerprint density at radius 2 is 1.71 bits per heavy atom. The van der Waals surface area contributed by atoms with Crippen LogP contribution >= 0.6 is 0 Å². The van der Waals surface area contributed by atoms with Crippen LogP contribution in [0.3, 0.4) is 0 Å². The van der Waals surface area contributed by atoms with Crippen molar-refractivity contribution in [3.8, 4) is 0 Å². The van der Waals surface area contributed by atoms with Gasteiger partial charge in [-0.3, -0.25) is 19.8 Å². The maximum absolute atomic E-state index is 12.6. The molecule has 6 nitrogen and oxygen atoms in total. The first-order valence-electron chi connectivity index (χ1n) is 8.32. The summed E-state index contributed by atoms with van der Waals surface area (Å²) in [7, 11) is 0. The van der Waals surface area contributed by atoms with Crippen LogP contribution < -0.4 is 5.32 Å². The quantitative estimate of drug-likeness (QED) is 0.675. The highest BCUT2D eigenvalue weighted by Crippen LogP contribution is 2.15. The van der Waals surface area contributed by atoms with Crippen LogP contribution in [-0.4, -0.2) is 47.3 Å². The lowest BCUT2D eigenvalue weighted by Gasteiger charge is -2.29. The zero-order valence-electron chi connectivity index (χ0n) is 13.5. The summed E-state index contributed by atoms with van der Waals surface area (Å²) in [6.07, 6.45) is 5.44. The highest BCUT2D eigenvalue weighted by molar-refractivity contribution is 6.28. The number of nitrogens with zero attached hydrogens (tertiary/aromatic N) is 2. The molecular formula is C18H21N3O3. The number of hydrogen-bond donors (Lipinski definition) is 1. The van der Waals surface area contributed by atoms with Gasteiger partial charge in [0.05, 0.1) is 0 Å². The Hall–Kier alpha value is -2.63. The molecule has 0 radical (unpaired) electrons. The van der Waals surface area contributed by atoms with Crippen molar-refractivity contribution in [2.24, 2.45) is 0 Å². The van der Waals surface area contributed by atoms with Gasteiger partial charge in [-0.15, -0.1) is 0 Å². The molecule has 6 heteroatoms. The van der Waals surface area contributed by atoms with E-state index in [1.807, 2.05) is 35.2 Å². The first-order valence-corrected chi connectivity index (χ1v) is 8.32. The van der Waals surface area contributed by atoms with E-state index in [0.717, 1.165) is 36.4 Å². The molecule has 1 N–H and O–H groups in total. The van der Waals surface area contributed by atoms with Crippen molar-refractivity contribution in [3.05, 3.63) is 47.7 Å². The normalized spacial score (nSPS) is 20.5. The number of likely N-dealkylation sites (tertiary alicyclic amines) is 1. The van der Waals surface area contributed by atoms with Gasteiger partial charge in [0.25, 0.3) is 11.8 Å². The average Bonchev–Trinajstić information content (AvgIpc) is 2.60. The summed E-state index contributed by atoms with van der Waals surface area (Å²) in [6.45, 7) is 1.92. The van der Waals surface area contributed by atoms with E-state index in [9.17, 15) is 14.4 Å². The lowest BCUT2D eigenvalue weighted by Crippen LogP contribution is -2.55. The Labute approximate surface area is 141 Å². The summed E-state index contributed by atoms with van der Waals surface area (Å²) in [4.78, 5) is 39.7. The fraction of sp³-hybridized carbons (Fsp3) is 0.389. The monoisotopic (exact) mass is 327 g/mol. The van der Waals surface area contributed by atoms with Crippen LogP contribution in [-0.2, 0) is 16.0 Å². The molecule has 2 aliphatic rings. The van der Waals surface area contributed by atoms with Crippen LogP contribution in [0.15, 0.2) is 42.1 Å². The fourth-order valence-corrected chi connectivity index (χ4v) is 3.00. The molecule has 126 valence electrons. The van der Waals surface area contributed by atoms with E-state index in [1.54, 1.807) is 6.20 Å². The van der Waals surface area contributed by atoms with E-state index in [0.29, 0.717) is 6.42 Å². The molecule has 3 rings (SSSR count). The Balaban J connectivity index is 1.72. The first-order chi connectivity index (χ1) is 11.6. The molecule has 0 saturated carbocycles. The first kappa shape index (κ1) is 16.2. The molecule has 2 heterocycles. The van der Waals surface area contributed by atoms with Crippen LogP contribution in [0.1, 0.15) is 24.8 Å².